The van der Waals surface area contributed by atoms with Crippen molar-refractivity contribution in [2.75, 3.05) is 0 Å². The van der Waals surface area contributed by atoms with Crippen LogP contribution in [0.2, 0.25) is 0 Å². The molecule has 0 spiro atoms. The Balaban J connectivity index is 4.14. The minimum absolute atomic E-state index is 0.622. The molecule has 0 aliphatic heterocycles. The van der Waals surface area contributed by atoms with Gasteiger partial charge in [-0.25, -0.2) is 0 Å². The van der Waals surface area contributed by atoms with E-state index in [2.05, 4.69) is 46.4 Å². The van der Waals surface area contributed by atoms with Gasteiger partial charge in [-0.1, -0.05) is 0 Å². The molecule has 0 aromatic carbocycles. The summed E-state index contributed by atoms with van der Waals surface area (Å²) in [6.07, 6.45) is 4.35. The molecule has 0 nitrogen and oxygen atoms in total. The van der Waals surface area contributed by atoms with E-state index in [0.717, 1.165) is 0 Å². The van der Waals surface area contributed by atoms with E-state index in [9.17, 15) is 0 Å². The topological polar surface area (TPSA) is 0 Å². The molecule has 0 atom stereocenters. The molecule has 0 rings (SSSR count). The Morgan fingerprint density at radius 3 is 2.08 bits per heavy atom. The van der Waals surface area contributed by atoms with E-state index in [1.54, 1.807) is 19.4 Å². The number of allylic oxidation sites excluding steroid dienone is 3. The van der Waals surface area contributed by atoms with Gasteiger partial charge >= 0.3 is 87.1 Å². The molecular formula is C11H18W. The summed E-state index contributed by atoms with van der Waals surface area (Å²) in [7, 11) is 0. The Morgan fingerprint density at radius 2 is 1.75 bits per heavy atom. The van der Waals surface area contributed by atoms with Gasteiger partial charge in [-0.15, -0.1) is 0 Å². The Labute approximate surface area is 87.2 Å². The first kappa shape index (κ1) is 12.0. The monoisotopic (exact) mass is 334 g/mol. The van der Waals surface area contributed by atoms with Gasteiger partial charge in [-0.2, -0.15) is 0 Å². The summed E-state index contributed by atoms with van der Waals surface area (Å²) in [6, 6.07) is 0. The van der Waals surface area contributed by atoms with Crippen molar-refractivity contribution in [3.63, 3.8) is 0 Å². The zero-order valence-electron chi connectivity index (χ0n) is 8.42. The van der Waals surface area contributed by atoms with E-state index < -0.39 is 0 Å². The van der Waals surface area contributed by atoms with Gasteiger partial charge in [0.25, 0.3) is 0 Å². The minimum atomic E-state index is 0.622. The van der Waals surface area contributed by atoms with Gasteiger partial charge in [0.15, 0.2) is 0 Å². The Kier molecular flexibility index (Phi) is 5.66. The second kappa shape index (κ2) is 5.64. The zero-order valence-corrected chi connectivity index (χ0v) is 11.4. The molecule has 0 amide bonds. The summed E-state index contributed by atoms with van der Waals surface area (Å²) in [4.78, 5) is 0. The second-order valence-electron chi connectivity index (χ2n) is 3.65. The van der Waals surface area contributed by atoms with Crippen molar-refractivity contribution in [2.45, 2.75) is 27.7 Å². The predicted molar refractivity (Wildman–Crippen MR) is 53.0 cm³/mol. The van der Waals surface area contributed by atoms with Crippen LogP contribution < -0.4 is 0 Å². The molecule has 0 heterocycles. The molecule has 0 saturated heterocycles. The molecule has 0 aliphatic rings. The van der Waals surface area contributed by atoms with Crippen molar-refractivity contribution in [1.29, 1.82) is 0 Å². The third-order valence-electron chi connectivity index (χ3n) is 1.52. The van der Waals surface area contributed by atoms with Gasteiger partial charge in [-0.3, -0.25) is 0 Å². The van der Waals surface area contributed by atoms with Crippen LogP contribution in [0.5, 0.6) is 0 Å². The van der Waals surface area contributed by atoms with Gasteiger partial charge in [0.05, 0.1) is 0 Å². The first-order chi connectivity index (χ1) is 5.45. The third-order valence-corrected chi connectivity index (χ3v) is 4.16. The van der Waals surface area contributed by atoms with Crippen molar-refractivity contribution in [2.24, 2.45) is 11.8 Å². The predicted octanol–water partition coefficient (Wildman–Crippen LogP) is 3.13. The molecule has 1 heteroatoms. The van der Waals surface area contributed by atoms with E-state index >= 15 is 0 Å². The average Bonchev–Trinajstić information content (AvgIpc) is 1.98. The number of rotatable bonds is 4. The Bertz CT molecular complexity index is 197. The molecule has 0 unspecified atom stereocenters. The molecule has 0 aromatic heterocycles. The molecule has 68 valence electrons. The quantitative estimate of drug-likeness (QED) is 0.693. The van der Waals surface area contributed by atoms with Crippen LogP contribution >= 0.6 is 0 Å². The molecule has 12 heavy (non-hydrogen) atoms. The molecule has 0 aliphatic carbocycles. The fourth-order valence-corrected chi connectivity index (χ4v) is 1.01. The van der Waals surface area contributed by atoms with Crippen molar-refractivity contribution in [1.82, 2.24) is 0 Å². The van der Waals surface area contributed by atoms with E-state index in [0.29, 0.717) is 11.8 Å². The van der Waals surface area contributed by atoms with E-state index in [-0.39, 0.29) is 0 Å². The first-order valence-electron chi connectivity index (χ1n) is 4.36. The van der Waals surface area contributed by atoms with Crippen molar-refractivity contribution >= 4 is 3.90 Å². The summed E-state index contributed by atoms with van der Waals surface area (Å²) < 4.78 is 1.46. The fourth-order valence-electron chi connectivity index (χ4n) is 0.762. The molecule has 0 aromatic rings. The van der Waals surface area contributed by atoms with Crippen LogP contribution in [0.1, 0.15) is 27.7 Å². The molecule has 0 radical (unpaired) electrons. The van der Waals surface area contributed by atoms with Crippen LogP contribution in [0, 0.1) is 11.8 Å². The standard InChI is InChI=1S/C11H18.W/c1-9(2)6-7-11(5)8-10(3)4;/h6-7,9-10H,5H2,1-4H3;. The SMILES string of the molecule is C=C(C=CC(C)C)[C](=[W])C(C)C. The van der Waals surface area contributed by atoms with Crippen molar-refractivity contribution in [3.8, 4) is 0 Å². The number of hydrogen-bond acceptors (Lipinski definition) is 0. The van der Waals surface area contributed by atoms with Crippen LogP contribution in [0.4, 0.5) is 0 Å². The maximum absolute atomic E-state index is 4.04. The summed E-state index contributed by atoms with van der Waals surface area (Å²) in [5.74, 6) is 1.26. The average molecular weight is 334 g/mol. The fraction of sp³-hybridized carbons (Fsp3) is 0.545. The van der Waals surface area contributed by atoms with Gasteiger partial charge in [-0.05, 0) is 0 Å². The Hall–Kier alpha value is 0.0383. The van der Waals surface area contributed by atoms with Crippen LogP contribution in [0.25, 0.3) is 0 Å². The Morgan fingerprint density at radius 1 is 1.25 bits per heavy atom. The maximum atomic E-state index is 4.04. The van der Waals surface area contributed by atoms with Crippen LogP contribution in [-0.4, -0.2) is 3.90 Å². The van der Waals surface area contributed by atoms with Crippen molar-refractivity contribution in [3.05, 3.63) is 24.3 Å². The van der Waals surface area contributed by atoms with Crippen LogP contribution in [0.3, 0.4) is 0 Å². The number of hydrogen-bond donors (Lipinski definition) is 0. The van der Waals surface area contributed by atoms with Gasteiger partial charge in [0.2, 0.25) is 0 Å². The summed E-state index contributed by atoms with van der Waals surface area (Å²) in [5.41, 5.74) is 1.20. The summed E-state index contributed by atoms with van der Waals surface area (Å²) in [5, 5.41) is 0. The second-order valence-corrected chi connectivity index (χ2v) is 5.23. The molecule has 0 fully saturated rings. The molecule has 0 saturated carbocycles. The van der Waals surface area contributed by atoms with E-state index in [1.165, 1.54) is 9.47 Å². The summed E-state index contributed by atoms with van der Waals surface area (Å²) >= 11 is 1.54. The summed E-state index contributed by atoms with van der Waals surface area (Å²) in [6.45, 7) is 12.8. The van der Waals surface area contributed by atoms with Gasteiger partial charge in [0, 0.05) is 0 Å². The normalized spacial score (nSPS) is 11.5. The molecule has 0 bridgehead atoms. The first-order valence-corrected chi connectivity index (χ1v) is 5.83. The zero-order chi connectivity index (χ0) is 9.72. The van der Waals surface area contributed by atoms with Crippen molar-refractivity contribution < 1.29 is 19.4 Å². The molecular weight excluding hydrogens is 316 g/mol. The van der Waals surface area contributed by atoms with E-state index in [4.69, 9.17) is 0 Å². The molecule has 0 N–H and O–H groups in total. The van der Waals surface area contributed by atoms with Gasteiger partial charge < -0.3 is 0 Å². The van der Waals surface area contributed by atoms with E-state index in [1.807, 2.05) is 0 Å². The third kappa shape index (κ3) is 4.82. The van der Waals surface area contributed by atoms with Crippen LogP contribution in [-0.2, 0) is 19.4 Å². The van der Waals surface area contributed by atoms with Crippen LogP contribution in [0.15, 0.2) is 24.3 Å². The van der Waals surface area contributed by atoms with Gasteiger partial charge in [0.1, 0.15) is 0 Å².